The third-order valence-corrected chi connectivity index (χ3v) is 3.35. The van der Waals surface area contributed by atoms with Crippen LogP contribution in [0.3, 0.4) is 0 Å². The molecule has 0 radical (unpaired) electrons. The van der Waals surface area contributed by atoms with Crippen molar-refractivity contribution in [3.63, 3.8) is 0 Å². The molecule has 0 spiro atoms. The number of ether oxygens (including phenoxy) is 2. The molecule has 0 fully saturated rings. The Balaban J connectivity index is 3.55. The van der Waals surface area contributed by atoms with E-state index in [0.29, 0.717) is 28.0 Å². The number of carboxylic acid groups (broad SMARTS) is 1. The van der Waals surface area contributed by atoms with Gasteiger partial charge in [0.1, 0.15) is 6.04 Å². The zero-order valence-electron chi connectivity index (χ0n) is 10.5. The summed E-state index contributed by atoms with van der Waals surface area (Å²) in [6.45, 7) is 1.90. The van der Waals surface area contributed by atoms with Crippen molar-refractivity contribution in [1.29, 1.82) is 0 Å². The molecule has 0 aliphatic rings. The summed E-state index contributed by atoms with van der Waals surface area (Å²) in [6.07, 6.45) is 0.593. The highest BCUT2D eigenvalue weighted by Gasteiger charge is 2.25. The Morgan fingerprint density at radius 3 is 2.50 bits per heavy atom. The molecule has 0 heterocycles. The Hall–Kier alpha value is -1.27. The molecule has 0 amide bonds. The molecule has 100 valence electrons. The first-order chi connectivity index (χ1) is 8.47. The number of nitrogens with two attached hydrogens (primary N) is 1. The first kappa shape index (κ1) is 14.8. The quantitative estimate of drug-likeness (QED) is 0.869. The molecule has 1 unspecified atom stereocenters. The number of aliphatic carboxylic acids is 1. The summed E-state index contributed by atoms with van der Waals surface area (Å²) < 4.78 is 11.1. The van der Waals surface area contributed by atoms with Crippen molar-refractivity contribution in [2.75, 3.05) is 14.2 Å². The van der Waals surface area contributed by atoms with E-state index in [2.05, 4.69) is 15.9 Å². The Bertz CT molecular complexity index is 462. The third kappa shape index (κ3) is 2.59. The number of carbonyl (C=O) groups is 1. The minimum atomic E-state index is -1.10. The van der Waals surface area contributed by atoms with Crippen molar-refractivity contribution in [2.45, 2.75) is 19.4 Å². The van der Waals surface area contributed by atoms with Crippen LogP contribution in [0.25, 0.3) is 0 Å². The highest BCUT2D eigenvalue weighted by Crippen LogP contribution is 2.40. The zero-order valence-corrected chi connectivity index (χ0v) is 12.1. The van der Waals surface area contributed by atoms with Gasteiger partial charge in [-0.25, -0.2) is 0 Å². The smallest absolute Gasteiger partial charge is 0.325 e. The van der Waals surface area contributed by atoms with Crippen LogP contribution in [0, 0.1) is 0 Å². The summed E-state index contributed by atoms with van der Waals surface area (Å²) in [5.41, 5.74) is 6.96. The monoisotopic (exact) mass is 317 g/mol. The van der Waals surface area contributed by atoms with Crippen LogP contribution in [0.2, 0.25) is 0 Å². The number of hydrogen-bond acceptors (Lipinski definition) is 4. The Kier molecular flexibility index (Phi) is 4.98. The van der Waals surface area contributed by atoms with Crippen LogP contribution in [-0.2, 0) is 11.2 Å². The predicted molar refractivity (Wildman–Crippen MR) is 71.2 cm³/mol. The maximum atomic E-state index is 11.1. The van der Waals surface area contributed by atoms with E-state index in [1.54, 1.807) is 6.07 Å². The van der Waals surface area contributed by atoms with Crippen molar-refractivity contribution >= 4 is 21.9 Å². The number of halogens is 1. The molecule has 0 aliphatic heterocycles. The summed E-state index contributed by atoms with van der Waals surface area (Å²) in [7, 11) is 3.04. The minimum Gasteiger partial charge on any atom is -0.493 e. The van der Waals surface area contributed by atoms with Gasteiger partial charge in [0.05, 0.1) is 14.2 Å². The standard InChI is InChI=1S/C12H16BrNO4/c1-4-6-9(10(14)12(15)16)7(13)5-8(17-2)11(6)18-3/h5,10H,4,14H2,1-3H3,(H,15,16). The van der Waals surface area contributed by atoms with Crippen molar-refractivity contribution in [3.8, 4) is 11.5 Å². The molecule has 6 heteroatoms. The number of benzene rings is 1. The Morgan fingerprint density at radius 1 is 1.50 bits per heavy atom. The van der Waals surface area contributed by atoms with Crippen LogP contribution >= 0.6 is 15.9 Å². The minimum absolute atomic E-state index is 0.516. The first-order valence-corrected chi connectivity index (χ1v) is 6.18. The number of methoxy groups -OCH3 is 2. The van der Waals surface area contributed by atoms with Gasteiger partial charge in [-0.1, -0.05) is 22.9 Å². The highest BCUT2D eigenvalue weighted by atomic mass is 79.9. The Morgan fingerprint density at radius 2 is 2.11 bits per heavy atom. The molecule has 1 aromatic rings. The number of rotatable bonds is 5. The van der Waals surface area contributed by atoms with E-state index in [9.17, 15) is 4.79 Å². The van der Waals surface area contributed by atoms with Gasteiger partial charge in [0.15, 0.2) is 11.5 Å². The lowest BCUT2D eigenvalue weighted by Crippen LogP contribution is -2.23. The normalized spacial score (nSPS) is 12.1. The van der Waals surface area contributed by atoms with E-state index in [1.807, 2.05) is 6.92 Å². The fraction of sp³-hybridized carbons (Fsp3) is 0.417. The van der Waals surface area contributed by atoms with Crippen LogP contribution in [0.15, 0.2) is 10.5 Å². The van der Waals surface area contributed by atoms with Crippen LogP contribution in [0.1, 0.15) is 24.1 Å². The molecule has 0 saturated carbocycles. The van der Waals surface area contributed by atoms with Gasteiger partial charge in [0.2, 0.25) is 0 Å². The summed E-state index contributed by atoms with van der Waals surface area (Å²) in [6, 6.07) is 0.560. The van der Waals surface area contributed by atoms with Crippen molar-refractivity contribution in [3.05, 3.63) is 21.7 Å². The lowest BCUT2D eigenvalue weighted by Gasteiger charge is -2.19. The number of carboxylic acids is 1. The van der Waals surface area contributed by atoms with Crippen molar-refractivity contribution < 1.29 is 19.4 Å². The summed E-state index contributed by atoms with van der Waals surface area (Å²) in [5, 5.41) is 9.05. The van der Waals surface area contributed by atoms with Gasteiger partial charge in [0.25, 0.3) is 0 Å². The van der Waals surface area contributed by atoms with E-state index in [-0.39, 0.29) is 0 Å². The third-order valence-electron chi connectivity index (χ3n) is 2.69. The van der Waals surface area contributed by atoms with Gasteiger partial charge in [-0.3, -0.25) is 4.79 Å². The van der Waals surface area contributed by atoms with E-state index < -0.39 is 12.0 Å². The summed E-state index contributed by atoms with van der Waals surface area (Å²) in [5.74, 6) is -0.0184. The molecule has 5 nitrogen and oxygen atoms in total. The molecule has 18 heavy (non-hydrogen) atoms. The molecule has 0 aromatic heterocycles. The van der Waals surface area contributed by atoms with E-state index in [4.69, 9.17) is 20.3 Å². The van der Waals surface area contributed by atoms with Gasteiger partial charge in [0, 0.05) is 15.6 Å². The Labute approximate surface area is 114 Å². The van der Waals surface area contributed by atoms with Crippen LogP contribution in [0.5, 0.6) is 11.5 Å². The topological polar surface area (TPSA) is 81.8 Å². The van der Waals surface area contributed by atoms with Crippen LogP contribution < -0.4 is 15.2 Å². The van der Waals surface area contributed by atoms with Gasteiger partial charge in [-0.15, -0.1) is 0 Å². The summed E-state index contributed by atoms with van der Waals surface area (Å²) >= 11 is 3.33. The molecular formula is C12H16BrNO4. The second-order valence-corrected chi connectivity index (χ2v) is 4.51. The number of hydrogen-bond donors (Lipinski definition) is 2. The van der Waals surface area contributed by atoms with Crippen LogP contribution in [0.4, 0.5) is 0 Å². The molecule has 1 atom stereocenters. The summed E-state index contributed by atoms with van der Waals surface area (Å²) in [4.78, 5) is 11.1. The van der Waals surface area contributed by atoms with E-state index in [0.717, 1.165) is 5.56 Å². The molecule has 0 saturated heterocycles. The zero-order chi connectivity index (χ0) is 13.9. The van der Waals surface area contributed by atoms with Gasteiger partial charge >= 0.3 is 5.97 Å². The van der Waals surface area contributed by atoms with Gasteiger partial charge < -0.3 is 20.3 Å². The second kappa shape index (κ2) is 6.06. The largest absolute Gasteiger partial charge is 0.493 e. The molecule has 0 bridgehead atoms. The average molecular weight is 318 g/mol. The maximum Gasteiger partial charge on any atom is 0.325 e. The lowest BCUT2D eigenvalue weighted by molar-refractivity contribution is -0.138. The first-order valence-electron chi connectivity index (χ1n) is 5.39. The highest BCUT2D eigenvalue weighted by molar-refractivity contribution is 9.10. The van der Waals surface area contributed by atoms with Crippen molar-refractivity contribution in [2.24, 2.45) is 5.73 Å². The molecule has 1 aromatic carbocycles. The molecule has 0 aliphatic carbocycles. The van der Waals surface area contributed by atoms with Crippen LogP contribution in [-0.4, -0.2) is 25.3 Å². The molecular weight excluding hydrogens is 302 g/mol. The van der Waals surface area contributed by atoms with Gasteiger partial charge in [-0.2, -0.15) is 0 Å². The van der Waals surface area contributed by atoms with E-state index in [1.165, 1.54) is 14.2 Å². The van der Waals surface area contributed by atoms with Gasteiger partial charge in [-0.05, 0) is 12.5 Å². The maximum absolute atomic E-state index is 11.1. The molecule has 3 N–H and O–H groups in total. The fourth-order valence-electron chi connectivity index (χ4n) is 1.86. The SMILES string of the molecule is CCc1c(OC)c(OC)cc(Br)c1C(N)C(=O)O. The average Bonchev–Trinajstić information content (AvgIpc) is 2.36. The van der Waals surface area contributed by atoms with E-state index >= 15 is 0 Å². The molecule has 1 rings (SSSR count). The fourth-order valence-corrected chi connectivity index (χ4v) is 2.55. The predicted octanol–water partition coefficient (Wildman–Crippen LogP) is 2.11. The lowest BCUT2D eigenvalue weighted by atomic mass is 9.97. The second-order valence-electron chi connectivity index (χ2n) is 3.66. The van der Waals surface area contributed by atoms with Crippen molar-refractivity contribution in [1.82, 2.24) is 0 Å².